The largest absolute Gasteiger partial charge is 0.481 e. The van der Waals surface area contributed by atoms with Crippen molar-refractivity contribution < 1.29 is 32.6 Å². The maximum atomic E-state index is 12.2. The van der Waals surface area contributed by atoms with Gasteiger partial charge in [0.15, 0.2) is 26.5 Å². The van der Waals surface area contributed by atoms with Crippen LogP contribution in [-0.4, -0.2) is 60.2 Å². The van der Waals surface area contributed by atoms with Crippen molar-refractivity contribution in [1.29, 1.82) is 0 Å². The summed E-state index contributed by atoms with van der Waals surface area (Å²) in [5.74, 6) is -0.191. The second kappa shape index (κ2) is 7.28. The van der Waals surface area contributed by atoms with E-state index in [2.05, 4.69) is 4.99 Å². The molecule has 2 fully saturated rings. The number of amides is 1. The number of carboxylic acid groups (broad SMARTS) is 1. The third-order valence-corrected chi connectivity index (χ3v) is 7.91. The Labute approximate surface area is 165 Å². The number of thioether (sulfide) groups is 1. The van der Waals surface area contributed by atoms with Crippen LogP contribution in [0.15, 0.2) is 23.2 Å². The Kier molecular flexibility index (Phi) is 4.96. The van der Waals surface area contributed by atoms with Crippen molar-refractivity contribution in [3.8, 4) is 11.5 Å². The zero-order chi connectivity index (χ0) is 19.9. The summed E-state index contributed by atoms with van der Waals surface area (Å²) in [6, 6.07) is 4.96. The van der Waals surface area contributed by atoms with E-state index in [1.807, 2.05) is 0 Å². The number of amidine groups is 1. The van der Waals surface area contributed by atoms with Gasteiger partial charge in [-0.2, -0.15) is 4.99 Å². The Bertz CT molecular complexity index is 960. The molecule has 2 saturated heterocycles. The highest BCUT2D eigenvalue weighted by Crippen LogP contribution is 2.43. The molecule has 1 aromatic carbocycles. The molecule has 3 aliphatic rings. The second-order valence-corrected chi connectivity index (χ2v) is 10.1. The third-order valence-electron chi connectivity index (χ3n) is 4.70. The number of hydrogen-bond donors (Lipinski definition) is 1. The highest BCUT2D eigenvalue weighted by atomic mass is 32.2. The molecule has 28 heavy (non-hydrogen) atoms. The summed E-state index contributed by atoms with van der Waals surface area (Å²) in [4.78, 5) is 28.8. The van der Waals surface area contributed by atoms with E-state index in [0.717, 1.165) is 0 Å². The third kappa shape index (κ3) is 3.81. The number of sulfone groups is 1. The fourth-order valence-corrected chi connectivity index (χ4v) is 7.39. The van der Waals surface area contributed by atoms with Crippen LogP contribution in [0.2, 0.25) is 0 Å². The number of aliphatic carboxylic acids is 1. The Morgan fingerprint density at radius 3 is 2.79 bits per heavy atom. The van der Waals surface area contributed by atoms with E-state index in [4.69, 9.17) is 14.6 Å². The van der Waals surface area contributed by atoms with Gasteiger partial charge in [0.2, 0.25) is 12.7 Å². The van der Waals surface area contributed by atoms with Crippen molar-refractivity contribution in [2.24, 2.45) is 4.99 Å². The molecule has 2 atom stereocenters. The number of fused-ring (bicyclic) bond motifs is 2. The maximum Gasteiger partial charge on any atom is 0.303 e. The molecule has 0 saturated carbocycles. The molecular formula is C17H18N2O7S2. The predicted octanol–water partition coefficient (Wildman–Crippen LogP) is 1.27. The molecule has 0 bridgehead atoms. The molecule has 1 amide bonds. The van der Waals surface area contributed by atoms with Crippen LogP contribution < -0.4 is 14.4 Å². The van der Waals surface area contributed by atoms with Crippen LogP contribution in [-0.2, 0) is 19.4 Å². The first-order chi connectivity index (χ1) is 13.3. The van der Waals surface area contributed by atoms with Crippen LogP contribution in [0.4, 0.5) is 5.69 Å². The number of carbonyl (C=O) groups is 2. The van der Waals surface area contributed by atoms with Crippen molar-refractivity contribution in [2.75, 3.05) is 23.2 Å². The van der Waals surface area contributed by atoms with Gasteiger partial charge in [-0.05, 0) is 18.6 Å². The number of carbonyl (C=O) groups excluding carboxylic acids is 1. The minimum absolute atomic E-state index is 0.00860. The Morgan fingerprint density at radius 1 is 1.21 bits per heavy atom. The van der Waals surface area contributed by atoms with Crippen LogP contribution in [0.1, 0.15) is 19.3 Å². The smallest absolute Gasteiger partial charge is 0.303 e. The number of carboxylic acids is 1. The first kappa shape index (κ1) is 19.1. The zero-order valence-corrected chi connectivity index (χ0v) is 16.4. The lowest BCUT2D eigenvalue weighted by Crippen LogP contribution is -2.37. The van der Waals surface area contributed by atoms with E-state index in [0.29, 0.717) is 22.4 Å². The van der Waals surface area contributed by atoms with Gasteiger partial charge < -0.3 is 19.5 Å². The summed E-state index contributed by atoms with van der Waals surface area (Å²) >= 11 is 1.28. The monoisotopic (exact) mass is 426 g/mol. The molecule has 0 radical (unpaired) electrons. The fraction of sp³-hybridized carbons (Fsp3) is 0.471. The van der Waals surface area contributed by atoms with Crippen LogP contribution in [0, 0.1) is 0 Å². The summed E-state index contributed by atoms with van der Waals surface area (Å²) in [6.45, 7) is 0.122. The normalized spacial score (nSPS) is 25.9. The average Bonchev–Trinajstić information content (AvgIpc) is 3.25. The summed E-state index contributed by atoms with van der Waals surface area (Å²) in [5, 5.41) is 8.92. The van der Waals surface area contributed by atoms with Gasteiger partial charge in [-0.15, -0.1) is 0 Å². The lowest BCUT2D eigenvalue weighted by Gasteiger charge is -2.24. The number of aliphatic imine (C=N–C) groups is 1. The first-order valence-corrected chi connectivity index (χ1v) is 11.4. The first-order valence-electron chi connectivity index (χ1n) is 8.72. The van der Waals surface area contributed by atoms with E-state index in [-0.39, 0.29) is 48.9 Å². The van der Waals surface area contributed by atoms with Crippen LogP contribution in [0.25, 0.3) is 0 Å². The topological polar surface area (TPSA) is 123 Å². The van der Waals surface area contributed by atoms with Gasteiger partial charge in [0.1, 0.15) is 0 Å². The number of rotatable bonds is 5. The molecule has 1 N–H and O–H groups in total. The van der Waals surface area contributed by atoms with E-state index >= 15 is 0 Å². The number of anilines is 1. The average molecular weight is 426 g/mol. The van der Waals surface area contributed by atoms with Gasteiger partial charge in [-0.1, -0.05) is 11.8 Å². The van der Waals surface area contributed by atoms with Gasteiger partial charge in [-0.25, -0.2) is 8.42 Å². The van der Waals surface area contributed by atoms with Gasteiger partial charge in [0.05, 0.1) is 17.5 Å². The molecular weight excluding hydrogens is 408 g/mol. The lowest BCUT2D eigenvalue weighted by atomic mass is 10.2. The van der Waals surface area contributed by atoms with Crippen LogP contribution in [0.3, 0.4) is 0 Å². The van der Waals surface area contributed by atoms with E-state index in [1.165, 1.54) is 11.8 Å². The molecule has 0 aromatic heterocycles. The van der Waals surface area contributed by atoms with Crippen molar-refractivity contribution in [3.63, 3.8) is 0 Å². The molecule has 3 aliphatic heterocycles. The maximum absolute atomic E-state index is 12.2. The zero-order valence-electron chi connectivity index (χ0n) is 14.7. The van der Waals surface area contributed by atoms with Crippen molar-refractivity contribution in [3.05, 3.63) is 18.2 Å². The van der Waals surface area contributed by atoms with Crippen LogP contribution in [0.5, 0.6) is 11.5 Å². The lowest BCUT2D eigenvalue weighted by molar-refractivity contribution is -0.137. The quantitative estimate of drug-likeness (QED) is 0.741. The summed E-state index contributed by atoms with van der Waals surface area (Å²) < 4.78 is 34.9. The summed E-state index contributed by atoms with van der Waals surface area (Å²) in [6.07, 6.45) is 0.138. The molecule has 0 unspecified atom stereocenters. The Balaban J connectivity index is 1.61. The van der Waals surface area contributed by atoms with Gasteiger partial charge in [0, 0.05) is 29.8 Å². The highest BCUT2D eigenvalue weighted by molar-refractivity contribution is 8.16. The van der Waals surface area contributed by atoms with Crippen molar-refractivity contribution >= 4 is 44.3 Å². The standard InChI is InChI=1S/C17H18N2O7S2/c20-15(2-1-3-16(21)22)18-17-19(11-7-28(23,24)8-14(11)27-17)10-4-5-12-13(6-10)26-9-25-12/h4-6,11,14H,1-3,7-9H2,(H,21,22)/t11-,14+/m1/s1. The molecule has 150 valence electrons. The Morgan fingerprint density at radius 2 is 2.00 bits per heavy atom. The Hall–Kier alpha value is -2.27. The molecule has 4 rings (SSSR count). The molecule has 0 aliphatic carbocycles. The van der Waals surface area contributed by atoms with E-state index in [9.17, 15) is 18.0 Å². The number of benzene rings is 1. The molecule has 1 aromatic rings. The number of hydrogen-bond acceptors (Lipinski definition) is 7. The van der Waals surface area contributed by atoms with Gasteiger partial charge >= 0.3 is 5.97 Å². The fourth-order valence-electron chi connectivity index (χ4n) is 3.45. The molecule has 3 heterocycles. The summed E-state index contributed by atoms with van der Waals surface area (Å²) in [7, 11) is -3.16. The van der Waals surface area contributed by atoms with Gasteiger partial charge in [-0.3, -0.25) is 9.59 Å². The van der Waals surface area contributed by atoms with Crippen molar-refractivity contribution in [1.82, 2.24) is 0 Å². The molecule has 0 spiro atoms. The van der Waals surface area contributed by atoms with Crippen molar-refractivity contribution in [2.45, 2.75) is 30.6 Å². The summed E-state index contributed by atoms with van der Waals surface area (Å²) in [5.41, 5.74) is 0.679. The second-order valence-electron chi connectivity index (χ2n) is 6.74. The van der Waals surface area contributed by atoms with Gasteiger partial charge in [0.25, 0.3) is 0 Å². The van der Waals surface area contributed by atoms with E-state index < -0.39 is 21.7 Å². The van der Waals surface area contributed by atoms with Crippen LogP contribution >= 0.6 is 11.8 Å². The SMILES string of the molecule is O=C(O)CCCC(=O)N=C1S[C@H]2CS(=O)(=O)C[C@H]2N1c1ccc2c(c1)OCO2. The van der Waals surface area contributed by atoms with E-state index in [1.54, 1.807) is 23.1 Å². The minimum atomic E-state index is -3.16. The highest BCUT2D eigenvalue weighted by Gasteiger charge is 2.49. The minimum Gasteiger partial charge on any atom is -0.481 e. The predicted molar refractivity (Wildman–Crippen MR) is 103 cm³/mol. The molecule has 11 heteroatoms. The number of nitrogens with zero attached hydrogens (tertiary/aromatic N) is 2. The molecule has 9 nitrogen and oxygen atoms in total. The number of ether oxygens (including phenoxy) is 2.